The van der Waals surface area contributed by atoms with Gasteiger partial charge in [0.1, 0.15) is 0 Å². The molecule has 0 radical (unpaired) electrons. The highest BCUT2D eigenvalue weighted by Crippen LogP contribution is 2.23. The number of aliphatic hydroxyl groups is 1. The molecule has 106 valence electrons. The van der Waals surface area contributed by atoms with Crippen LogP contribution in [-0.2, 0) is 9.53 Å². The van der Waals surface area contributed by atoms with Gasteiger partial charge in [0, 0.05) is 6.42 Å². The molecule has 0 aliphatic heterocycles. The van der Waals surface area contributed by atoms with E-state index in [1.54, 1.807) is 0 Å². The second kappa shape index (κ2) is 7.06. The van der Waals surface area contributed by atoms with Crippen LogP contribution in [0.15, 0.2) is 42.5 Å². The molecule has 0 saturated heterocycles. The Hall–Kier alpha value is -1.87. The Kier molecular flexibility index (Phi) is 5.13. The van der Waals surface area contributed by atoms with Gasteiger partial charge in [0.05, 0.1) is 12.7 Å². The van der Waals surface area contributed by atoms with Gasteiger partial charge in [0.25, 0.3) is 0 Å². The van der Waals surface area contributed by atoms with Crippen molar-refractivity contribution in [3.8, 4) is 0 Å². The van der Waals surface area contributed by atoms with Gasteiger partial charge in [-0.25, -0.2) is 0 Å². The number of benzene rings is 2. The summed E-state index contributed by atoms with van der Waals surface area (Å²) in [5.74, 6) is -0.244. The predicted octanol–water partition coefficient (Wildman–Crippen LogP) is 3.61. The summed E-state index contributed by atoms with van der Waals surface area (Å²) in [4.78, 5) is 11.4. The molecule has 0 aliphatic carbocycles. The Balaban J connectivity index is 1.97. The number of aliphatic hydroxyl groups excluding tert-OH is 1. The molecule has 3 nitrogen and oxygen atoms in total. The van der Waals surface area contributed by atoms with Gasteiger partial charge >= 0.3 is 5.97 Å². The van der Waals surface area contributed by atoms with E-state index in [9.17, 15) is 9.90 Å². The van der Waals surface area contributed by atoms with E-state index in [0.29, 0.717) is 13.0 Å². The molecule has 0 amide bonds. The standard InChI is InChI=1S/C17H20O3/c1-2-11-20-17(19)10-9-16(18)15-8-7-13-5-3-4-6-14(13)12-15/h3-8,12,16,18H,2,9-11H2,1H3. The molecule has 0 spiro atoms. The predicted molar refractivity (Wildman–Crippen MR) is 79.4 cm³/mol. The molecule has 0 bridgehead atoms. The minimum atomic E-state index is -0.631. The summed E-state index contributed by atoms with van der Waals surface area (Å²) in [6, 6.07) is 13.9. The van der Waals surface area contributed by atoms with E-state index in [0.717, 1.165) is 22.8 Å². The Bertz CT molecular complexity index is 577. The molecule has 0 aliphatic rings. The molecule has 2 aromatic rings. The van der Waals surface area contributed by atoms with E-state index in [2.05, 4.69) is 0 Å². The quantitative estimate of drug-likeness (QED) is 0.817. The highest BCUT2D eigenvalue weighted by molar-refractivity contribution is 5.83. The van der Waals surface area contributed by atoms with Crippen LogP contribution < -0.4 is 0 Å². The first kappa shape index (κ1) is 14.5. The number of hydrogen-bond acceptors (Lipinski definition) is 3. The molecule has 20 heavy (non-hydrogen) atoms. The third-order valence-corrected chi connectivity index (χ3v) is 3.25. The maximum atomic E-state index is 11.4. The van der Waals surface area contributed by atoms with Crippen LogP contribution in [0.5, 0.6) is 0 Å². The van der Waals surface area contributed by atoms with Crippen LogP contribution in [0.2, 0.25) is 0 Å². The first-order valence-corrected chi connectivity index (χ1v) is 7.03. The van der Waals surface area contributed by atoms with Crippen LogP contribution in [0.25, 0.3) is 10.8 Å². The first-order valence-electron chi connectivity index (χ1n) is 7.03. The van der Waals surface area contributed by atoms with Crippen molar-refractivity contribution >= 4 is 16.7 Å². The van der Waals surface area contributed by atoms with Crippen molar-refractivity contribution < 1.29 is 14.6 Å². The van der Waals surface area contributed by atoms with Crippen molar-refractivity contribution in [3.63, 3.8) is 0 Å². The zero-order chi connectivity index (χ0) is 14.4. The molecule has 1 N–H and O–H groups in total. The monoisotopic (exact) mass is 272 g/mol. The normalized spacial score (nSPS) is 12.3. The Morgan fingerprint density at radius 1 is 1.20 bits per heavy atom. The third-order valence-electron chi connectivity index (χ3n) is 3.25. The summed E-state index contributed by atoms with van der Waals surface area (Å²) in [5, 5.41) is 12.4. The summed E-state index contributed by atoms with van der Waals surface area (Å²) >= 11 is 0. The van der Waals surface area contributed by atoms with E-state index in [1.165, 1.54) is 0 Å². The highest BCUT2D eigenvalue weighted by atomic mass is 16.5. The summed E-state index contributed by atoms with van der Waals surface area (Å²) in [6.07, 6.45) is 0.821. The Morgan fingerprint density at radius 2 is 1.95 bits per heavy atom. The fraction of sp³-hybridized carbons (Fsp3) is 0.353. The van der Waals surface area contributed by atoms with Gasteiger partial charge in [0.15, 0.2) is 0 Å². The lowest BCUT2D eigenvalue weighted by molar-refractivity contribution is -0.144. The minimum Gasteiger partial charge on any atom is -0.466 e. The van der Waals surface area contributed by atoms with Crippen molar-refractivity contribution in [1.29, 1.82) is 0 Å². The van der Waals surface area contributed by atoms with E-state index < -0.39 is 6.10 Å². The summed E-state index contributed by atoms with van der Waals surface area (Å²) < 4.78 is 5.00. The molecule has 2 aromatic carbocycles. The van der Waals surface area contributed by atoms with Gasteiger partial charge in [-0.05, 0) is 35.2 Å². The van der Waals surface area contributed by atoms with Crippen molar-refractivity contribution in [2.75, 3.05) is 6.61 Å². The molecule has 1 atom stereocenters. The molecule has 0 fully saturated rings. The SMILES string of the molecule is CCCOC(=O)CCC(O)c1ccc2ccccc2c1. The average Bonchev–Trinajstić information content (AvgIpc) is 2.50. The van der Waals surface area contributed by atoms with Gasteiger partial charge in [0.2, 0.25) is 0 Å². The molecular weight excluding hydrogens is 252 g/mol. The molecule has 0 aromatic heterocycles. The van der Waals surface area contributed by atoms with Crippen molar-refractivity contribution in [2.24, 2.45) is 0 Å². The number of hydrogen-bond donors (Lipinski definition) is 1. The average molecular weight is 272 g/mol. The first-order chi connectivity index (χ1) is 9.70. The third kappa shape index (κ3) is 3.81. The van der Waals surface area contributed by atoms with Gasteiger partial charge in [-0.2, -0.15) is 0 Å². The highest BCUT2D eigenvalue weighted by Gasteiger charge is 2.11. The van der Waals surface area contributed by atoms with Crippen LogP contribution in [-0.4, -0.2) is 17.7 Å². The number of carbonyl (C=O) groups excluding carboxylic acids is 1. The maximum Gasteiger partial charge on any atom is 0.305 e. The fourth-order valence-corrected chi connectivity index (χ4v) is 2.12. The topological polar surface area (TPSA) is 46.5 Å². The van der Waals surface area contributed by atoms with E-state index >= 15 is 0 Å². The Labute approximate surface area is 119 Å². The van der Waals surface area contributed by atoms with Crippen LogP contribution >= 0.6 is 0 Å². The minimum absolute atomic E-state index is 0.244. The maximum absolute atomic E-state index is 11.4. The smallest absolute Gasteiger partial charge is 0.305 e. The summed E-state index contributed by atoms with van der Waals surface area (Å²) in [6.45, 7) is 2.40. The largest absolute Gasteiger partial charge is 0.466 e. The lowest BCUT2D eigenvalue weighted by Gasteiger charge is -2.11. The van der Waals surface area contributed by atoms with Crippen LogP contribution in [0.3, 0.4) is 0 Å². The van der Waals surface area contributed by atoms with Crippen LogP contribution in [0, 0.1) is 0 Å². The number of carbonyl (C=O) groups is 1. The van der Waals surface area contributed by atoms with Crippen molar-refractivity contribution in [3.05, 3.63) is 48.0 Å². The van der Waals surface area contributed by atoms with Crippen LogP contribution in [0.1, 0.15) is 37.9 Å². The summed E-state index contributed by atoms with van der Waals surface area (Å²) in [5.41, 5.74) is 0.840. The molecule has 0 heterocycles. The molecule has 1 unspecified atom stereocenters. The number of rotatable bonds is 6. The summed E-state index contributed by atoms with van der Waals surface area (Å²) in [7, 11) is 0. The molecule has 0 saturated carbocycles. The number of ether oxygens (including phenoxy) is 1. The molecule has 2 rings (SSSR count). The van der Waals surface area contributed by atoms with E-state index in [4.69, 9.17) is 4.74 Å². The zero-order valence-electron chi connectivity index (χ0n) is 11.7. The zero-order valence-corrected chi connectivity index (χ0v) is 11.7. The molecular formula is C17H20O3. The lowest BCUT2D eigenvalue weighted by Crippen LogP contribution is -2.07. The van der Waals surface area contributed by atoms with Gasteiger partial charge < -0.3 is 9.84 Å². The second-order valence-electron chi connectivity index (χ2n) is 4.88. The van der Waals surface area contributed by atoms with E-state index in [-0.39, 0.29) is 12.4 Å². The van der Waals surface area contributed by atoms with Gasteiger partial charge in [-0.15, -0.1) is 0 Å². The fourth-order valence-electron chi connectivity index (χ4n) is 2.12. The Morgan fingerprint density at radius 3 is 2.70 bits per heavy atom. The van der Waals surface area contributed by atoms with Gasteiger partial charge in [-0.1, -0.05) is 43.3 Å². The van der Waals surface area contributed by atoms with E-state index in [1.807, 2.05) is 49.4 Å². The second-order valence-corrected chi connectivity index (χ2v) is 4.88. The lowest BCUT2D eigenvalue weighted by atomic mass is 10.0. The van der Waals surface area contributed by atoms with Crippen molar-refractivity contribution in [2.45, 2.75) is 32.3 Å². The molecule has 3 heteroatoms. The number of esters is 1. The number of fused-ring (bicyclic) bond motifs is 1. The van der Waals surface area contributed by atoms with Crippen molar-refractivity contribution in [1.82, 2.24) is 0 Å². The van der Waals surface area contributed by atoms with Gasteiger partial charge in [-0.3, -0.25) is 4.79 Å². The van der Waals surface area contributed by atoms with Crippen LogP contribution in [0.4, 0.5) is 0 Å².